The van der Waals surface area contributed by atoms with Gasteiger partial charge in [0.15, 0.2) is 6.29 Å². The molecule has 2 aliphatic carbocycles. The molecule has 1 heterocycles. The van der Waals surface area contributed by atoms with E-state index in [1.807, 2.05) is 0 Å². The minimum atomic E-state index is -1.60. The largest absolute Gasteiger partial charge is 0.394 e. The molecule has 0 aromatic heterocycles. The zero-order chi connectivity index (χ0) is 23.4. The summed E-state index contributed by atoms with van der Waals surface area (Å²) in [5.74, 6) is -1.25. The monoisotopic (exact) mass is 450 g/mol. The molecule has 10 nitrogen and oxygen atoms in total. The summed E-state index contributed by atoms with van der Waals surface area (Å²) < 4.78 is 11.0. The van der Waals surface area contributed by atoms with Crippen molar-refractivity contribution in [3.8, 4) is 0 Å². The van der Waals surface area contributed by atoms with Gasteiger partial charge in [-0.1, -0.05) is 0 Å². The van der Waals surface area contributed by atoms with Gasteiger partial charge in [-0.3, -0.25) is 0 Å². The first-order valence-corrected chi connectivity index (χ1v) is 11.0. The summed E-state index contributed by atoms with van der Waals surface area (Å²) in [5.41, 5.74) is -3.99. The van der Waals surface area contributed by atoms with Crippen LogP contribution >= 0.6 is 0 Å². The molecule has 1 aliphatic heterocycles. The molecule has 8 N–H and O–H groups in total. The first kappa shape index (κ1) is 25.2. The lowest BCUT2D eigenvalue weighted by molar-refractivity contribution is -0.311. The smallest absolute Gasteiger partial charge is 0.186 e. The highest BCUT2D eigenvalue weighted by Crippen LogP contribution is 2.53. The maximum Gasteiger partial charge on any atom is 0.186 e. The highest BCUT2D eigenvalue weighted by Gasteiger charge is 2.60. The van der Waals surface area contributed by atoms with E-state index < -0.39 is 72.1 Å². The fourth-order valence-electron chi connectivity index (χ4n) is 5.58. The van der Waals surface area contributed by atoms with E-state index >= 15 is 0 Å². The van der Waals surface area contributed by atoms with Gasteiger partial charge in [0, 0.05) is 0 Å². The summed E-state index contributed by atoms with van der Waals surface area (Å²) in [6.45, 7) is 3.98. The summed E-state index contributed by atoms with van der Waals surface area (Å²) in [5, 5.41) is 83.0. The molecule has 0 spiro atoms. The normalized spacial score (nSPS) is 51.4. The highest BCUT2D eigenvalue weighted by atomic mass is 16.7. The fraction of sp³-hybridized carbons (Fsp3) is 1.00. The Balaban J connectivity index is 1.80. The van der Waals surface area contributed by atoms with Crippen LogP contribution in [-0.4, -0.2) is 108 Å². The fourth-order valence-corrected chi connectivity index (χ4v) is 5.58. The van der Waals surface area contributed by atoms with Gasteiger partial charge in [-0.15, -0.1) is 0 Å². The third-order valence-corrected chi connectivity index (χ3v) is 7.89. The Morgan fingerprint density at radius 2 is 1.65 bits per heavy atom. The van der Waals surface area contributed by atoms with Crippen molar-refractivity contribution in [2.75, 3.05) is 13.2 Å². The number of rotatable bonds is 5. The number of ether oxygens (including phenoxy) is 2. The predicted octanol–water partition coefficient (Wildman–Crippen LogP) is -2.15. The summed E-state index contributed by atoms with van der Waals surface area (Å²) in [7, 11) is 0. The van der Waals surface area contributed by atoms with E-state index in [1.165, 1.54) is 6.92 Å². The quantitative estimate of drug-likeness (QED) is 0.230. The van der Waals surface area contributed by atoms with Crippen molar-refractivity contribution in [1.29, 1.82) is 0 Å². The van der Waals surface area contributed by atoms with E-state index in [0.29, 0.717) is 12.8 Å². The third-order valence-electron chi connectivity index (χ3n) is 7.89. The first-order valence-electron chi connectivity index (χ1n) is 11.0. The van der Waals surface area contributed by atoms with Crippen molar-refractivity contribution >= 4 is 0 Å². The van der Waals surface area contributed by atoms with Gasteiger partial charge in [0.2, 0.25) is 0 Å². The van der Waals surface area contributed by atoms with Crippen LogP contribution in [0.25, 0.3) is 0 Å². The molecule has 3 rings (SSSR count). The number of hydrogen-bond acceptors (Lipinski definition) is 10. The Hall–Kier alpha value is -0.400. The molecular formula is C21H38O10. The maximum atomic E-state index is 11.6. The average Bonchev–Trinajstić information content (AvgIpc) is 2.81. The highest BCUT2D eigenvalue weighted by molar-refractivity contribution is 5.10. The number of hydrogen-bond donors (Lipinski definition) is 8. The van der Waals surface area contributed by atoms with Crippen molar-refractivity contribution in [3.05, 3.63) is 0 Å². The van der Waals surface area contributed by atoms with Gasteiger partial charge in [-0.05, 0) is 64.2 Å². The predicted molar refractivity (Wildman–Crippen MR) is 107 cm³/mol. The Labute approximate surface area is 182 Å². The molecule has 0 aromatic carbocycles. The molecule has 10 heteroatoms. The summed E-state index contributed by atoms with van der Waals surface area (Å²) in [6, 6.07) is 0. The molecular weight excluding hydrogens is 412 g/mol. The van der Waals surface area contributed by atoms with E-state index in [0.717, 1.165) is 0 Å². The van der Waals surface area contributed by atoms with E-state index in [4.69, 9.17) is 9.47 Å². The second-order valence-electron chi connectivity index (χ2n) is 10.4. The number of fused-ring (bicyclic) bond motifs is 1. The standard InChI is InChI=1S/C21H38O10/c1-19(2,27)10-4-5-21(29,12-7-14(23)20(3,28)11(12)6-10)9-30-18-17(26)16(25)15(24)13(8-22)31-18/h10-18,22-29H,4-9H2,1-3H3. The zero-order valence-corrected chi connectivity index (χ0v) is 18.3. The summed E-state index contributed by atoms with van der Waals surface area (Å²) in [6.07, 6.45) is -7.04. The Morgan fingerprint density at radius 1 is 1.00 bits per heavy atom. The molecule has 0 radical (unpaired) electrons. The van der Waals surface area contributed by atoms with Crippen molar-refractivity contribution < 1.29 is 50.3 Å². The molecule has 1 saturated heterocycles. The van der Waals surface area contributed by atoms with Crippen LogP contribution in [0.3, 0.4) is 0 Å². The van der Waals surface area contributed by atoms with Crippen LogP contribution in [0.2, 0.25) is 0 Å². The van der Waals surface area contributed by atoms with E-state index in [1.54, 1.807) is 13.8 Å². The second-order valence-corrected chi connectivity index (χ2v) is 10.4. The maximum absolute atomic E-state index is 11.6. The minimum Gasteiger partial charge on any atom is -0.394 e. The van der Waals surface area contributed by atoms with Gasteiger partial charge >= 0.3 is 0 Å². The molecule has 2 saturated carbocycles. The Bertz CT molecular complexity index is 620. The topological polar surface area (TPSA) is 180 Å². The van der Waals surface area contributed by atoms with Gasteiger partial charge in [0.1, 0.15) is 24.4 Å². The van der Waals surface area contributed by atoms with Crippen molar-refractivity contribution in [1.82, 2.24) is 0 Å². The van der Waals surface area contributed by atoms with E-state index in [9.17, 15) is 40.9 Å². The lowest BCUT2D eigenvalue weighted by atomic mass is 9.74. The van der Waals surface area contributed by atoms with E-state index in [2.05, 4.69) is 0 Å². The summed E-state index contributed by atoms with van der Waals surface area (Å²) in [4.78, 5) is 0. The third kappa shape index (κ3) is 4.65. The molecule has 11 atom stereocenters. The van der Waals surface area contributed by atoms with Crippen molar-refractivity contribution in [2.24, 2.45) is 17.8 Å². The average molecular weight is 451 g/mol. The number of aliphatic hydroxyl groups is 8. The molecule has 0 amide bonds. The molecule has 0 bridgehead atoms. The zero-order valence-electron chi connectivity index (χ0n) is 18.3. The Kier molecular flexibility index (Phi) is 7.12. The van der Waals surface area contributed by atoms with Crippen LogP contribution in [0.15, 0.2) is 0 Å². The van der Waals surface area contributed by atoms with Gasteiger partial charge < -0.3 is 50.3 Å². The van der Waals surface area contributed by atoms with Crippen LogP contribution in [0.5, 0.6) is 0 Å². The molecule has 0 aromatic rings. The number of aliphatic hydroxyl groups excluding tert-OH is 5. The molecule has 3 fully saturated rings. The van der Waals surface area contributed by atoms with E-state index in [-0.39, 0.29) is 25.4 Å². The van der Waals surface area contributed by atoms with Gasteiger partial charge in [-0.25, -0.2) is 0 Å². The molecule has 31 heavy (non-hydrogen) atoms. The minimum absolute atomic E-state index is 0.144. The lowest BCUT2D eigenvalue weighted by Crippen LogP contribution is -2.60. The van der Waals surface area contributed by atoms with Gasteiger partial charge in [0.25, 0.3) is 0 Å². The van der Waals surface area contributed by atoms with Crippen LogP contribution in [0.1, 0.15) is 46.5 Å². The van der Waals surface area contributed by atoms with Crippen molar-refractivity contribution in [3.63, 3.8) is 0 Å². The summed E-state index contributed by atoms with van der Waals surface area (Å²) >= 11 is 0. The first-order chi connectivity index (χ1) is 14.2. The molecule has 3 aliphatic rings. The van der Waals surface area contributed by atoms with Crippen LogP contribution in [-0.2, 0) is 9.47 Å². The van der Waals surface area contributed by atoms with Gasteiger partial charge in [0.05, 0.1) is 36.1 Å². The lowest BCUT2D eigenvalue weighted by Gasteiger charge is -2.42. The van der Waals surface area contributed by atoms with Gasteiger partial charge in [-0.2, -0.15) is 0 Å². The second kappa shape index (κ2) is 8.75. The molecule has 11 unspecified atom stereocenters. The Morgan fingerprint density at radius 3 is 2.23 bits per heavy atom. The van der Waals surface area contributed by atoms with Crippen LogP contribution < -0.4 is 0 Å². The SMILES string of the molecule is CC(C)(O)C1CCC(O)(COC2OC(CO)C(O)C(O)C2O)C2CC(O)C(C)(O)C2C1. The van der Waals surface area contributed by atoms with Crippen LogP contribution in [0.4, 0.5) is 0 Å². The molecule has 182 valence electrons. The van der Waals surface area contributed by atoms with Crippen LogP contribution in [0, 0.1) is 17.8 Å². The van der Waals surface area contributed by atoms with Crippen molar-refractivity contribution in [2.45, 2.75) is 100 Å².